The molecule has 0 aliphatic heterocycles. The maximum Gasteiger partial charge on any atom is 0.313 e. The number of carbonyl (C=O) groups excluding carboxylic acids is 1. The molecule has 2 saturated carbocycles. The van der Waals surface area contributed by atoms with Gasteiger partial charge < -0.3 is 10.5 Å². The second kappa shape index (κ2) is 5.85. The molecule has 0 amide bonds. The summed E-state index contributed by atoms with van der Waals surface area (Å²) in [5.74, 6) is -0.00778. The molecule has 2 aliphatic carbocycles. The normalized spacial score (nSPS) is 25.5. The summed E-state index contributed by atoms with van der Waals surface area (Å²) in [6.45, 7) is 0.457. The van der Waals surface area contributed by atoms with Gasteiger partial charge in [0.05, 0.1) is 5.41 Å². The Morgan fingerprint density at radius 2 is 1.65 bits per heavy atom. The molecule has 3 heteroatoms. The third-order valence-electron chi connectivity index (χ3n) is 4.46. The zero-order valence-electron chi connectivity index (χ0n) is 10.7. The highest BCUT2D eigenvalue weighted by Gasteiger charge is 2.40. The molecule has 0 spiro atoms. The highest BCUT2D eigenvalue weighted by Crippen LogP contribution is 2.37. The smallest absolute Gasteiger partial charge is 0.313 e. The SMILES string of the molecule is NCC1(C(=O)OC2CCCCC2)CCCCC1. The lowest BCUT2D eigenvalue weighted by Crippen LogP contribution is -2.43. The van der Waals surface area contributed by atoms with Crippen molar-refractivity contribution in [1.29, 1.82) is 0 Å². The highest BCUT2D eigenvalue weighted by molar-refractivity contribution is 5.77. The van der Waals surface area contributed by atoms with Crippen LogP contribution < -0.4 is 5.73 Å². The summed E-state index contributed by atoms with van der Waals surface area (Å²) in [6.07, 6.45) is 11.3. The molecule has 98 valence electrons. The Morgan fingerprint density at radius 1 is 1.06 bits per heavy atom. The van der Waals surface area contributed by atoms with Gasteiger partial charge in [-0.2, -0.15) is 0 Å². The number of ether oxygens (including phenoxy) is 1. The van der Waals surface area contributed by atoms with Crippen LogP contribution >= 0.6 is 0 Å². The van der Waals surface area contributed by atoms with Gasteiger partial charge in [-0.25, -0.2) is 0 Å². The van der Waals surface area contributed by atoms with E-state index in [-0.39, 0.29) is 17.5 Å². The van der Waals surface area contributed by atoms with Gasteiger partial charge >= 0.3 is 5.97 Å². The first-order valence-corrected chi connectivity index (χ1v) is 7.18. The van der Waals surface area contributed by atoms with Gasteiger partial charge in [-0.15, -0.1) is 0 Å². The topological polar surface area (TPSA) is 52.3 Å². The molecule has 2 N–H and O–H groups in total. The van der Waals surface area contributed by atoms with Crippen molar-refractivity contribution in [2.24, 2.45) is 11.1 Å². The van der Waals surface area contributed by atoms with Crippen LogP contribution in [0, 0.1) is 5.41 Å². The first-order valence-electron chi connectivity index (χ1n) is 7.18. The van der Waals surface area contributed by atoms with E-state index in [2.05, 4.69) is 0 Å². The Hall–Kier alpha value is -0.570. The molecule has 0 aromatic rings. The summed E-state index contributed by atoms with van der Waals surface area (Å²) >= 11 is 0. The average molecular weight is 239 g/mol. The monoisotopic (exact) mass is 239 g/mol. The molecule has 0 aromatic heterocycles. The fraction of sp³-hybridized carbons (Fsp3) is 0.929. The summed E-state index contributed by atoms with van der Waals surface area (Å²) < 4.78 is 5.71. The zero-order chi connectivity index (χ0) is 12.1. The quantitative estimate of drug-likeness (QED) is 0.770. The summed E-state index contributed by atoms with van der Waals surface area (Å²) in [4.78, 5) is 12.3. The lowest BCUT2D eigenvalue weighted by atomic mass is 9.74. The fourth-order valence-corrected chi connectivity index (χ4v) is 3.18. The predicted octanol–water partition coefficient (Wildman–Crippen LogP) is 2.77. The molecule has 17 heavy (non-hydrogen) atoms. The van der Waals surface area contributed by atoms with Crippen LogP contribution in [-0.2, 0) is 9.53 Å². The molecule has 0 unspecified atom stereocenters. The van der Waals surface area contributed by atoms with Crippen LogP contribution in [-0.4, -0.2) is 18.6 Å². The summed E-state index contributed by atoms with van der Waals surface area (Å²) in [5, 5.41) is 0. The minimum Gasteiger partial charge on any atom is -0.462 e. The highest BCUT2D eigenvalue weighted by atomic mass is 16.5. The van der Waals surface area contributed by atoms with Crippen molar-refractivity contribution < 1.29 is 9.53 Å². The summed E-state index contributed by atoms with van der Waals surface area (Å²) in [6, 6.07) is 0. The van der Waals surface area contributed by atoms with Crippen molar-refractivity contribution in [3.63, 3.8) is 0 Å². The molecular weight excluding hydrogens is 214 g/mol. The average Bonchev–Trinajstić information content (AvgIpc) is 2.40. The van der Waals surface area contributed by atoms with E-state index in [1.54, 1.807) is 0 Å². The van der Waals surface area contributed by atoms with Gasteiger partial charge in [-0.1, -0.05) is 25.7 Å². The molecule has 0 bridgehead atoms. The van der Waals surface area contributed by atoms with Gasteiger partial charge in [-0.05, 0) is 38.5 Å². The number of nitrogens with two attached hydrogens (primary N) is 1. The zero-order valence-corrected chi connectivity index (χ0v) is 10.7. The van der Waals surface area contributed by atoms with Gasteiger partial charge in [0.2, 0.25) is 0 Å². The lowest BCUT2D eigenvalue weighted by Gasteiger charge is -2.35. The van der Waals surface area contributed by atoms with Crippen molar-refractivity contribution in [1.82, 2.24) is 0 Å². The van der Waals surface area contributed by atoms with Crippen molar-refractivity contribution in [2.75, 3.05) is 6.54 Å². The molecule has 0 saturated heterocycles. The minimum atomic E-state index is -0.351. The molecule has 2 fully saturated rings. The third kappa shape index (κ3) is 3.01. The van der Waals surface area contributed by atoms with Gasteiger partial charge in [0.1, 0.15) is 6.10 Å². The van der Waals surface area contributed by atoms with Gasteiger partial charge in [0.25, 0.3) is 0 Å². The number of hydrogen-bond acceptors (Lipinski definition) is 3. The predicted molar refractivity (Wildman–Crippen MR) is 67.5 cm³/mol. The van der Waals surface area contributed by atoms with Crippen molar-refractivity contribution in [3.05, 3.63) is 0 Å². The van der Waals surface area contributed by atoms with Crippen LogP contribution in [0.3, 0.4) is 0 Å². The first-order chi connectivity index (χ1) is 8.27. The Bertz CT molecular complexity index is 253. The van der Waals surface area contributed by atoms with Crippen molar-refractivity contribution >= 4 is 5.97 Å². The van der Waals surface area contributed by atoms with Crippen LogP contribution in [0.1, 0.15) is 64.2 Å². The maximum atomic E-state index is 12.3. The number of rotatable bonds is 3. The molecule has 0 atom stereocenters. The first kappa shape index (κ1) is 12.9. The Morgan fingerprint density at radius 3 is 2.24 bits per heavy atom. The van der Waals surface area contributed by atoms with Crippen molar-refractivity contribution in [3.8, 4) is 0 Å². The molecule has 0 heterocycles. The molecule has 0 aromatic carbocycles. The largest absolute Gasteiger partial charge is 0.462 e. The van der Waals surface area contributed by atoms with E-state index in [9.17, 15) is 4.79 Å². The van der Waals surface area contributed by atoms with E-state index in [4.69, 9.17) is 10.5 Å². The van der Waals surface area contributed by atoms with Crippen LogP contribution in [0.5, 0.6) is 0 Å². The van der Waals surface area contributed by atoms with E-state index in [0.717, 1.165) is 38.5 Å². The second-order valence-corrected chi connectivity index (χ2v) is 5.71. The van der Waals surface area contributed by atoms with Gasteiger partial charge in [0, 0.05) is 6.54 Å². The Kier molecular flexibility index (Phi) is 4.43. The lowest BCUT2D eigenvalue weighted by molar-refractivity contribution is -0.164. The van der Waals surface area contributed by atoms with Crippen molar-refractivity contribution in [2.45, 2.75) is 70.3 Å². The molecule has 3 nitrogen and oxygen atoms in total. The van der Waals surface area contributed by atoms with E-state index >= 15 is 0 Å². The maximum absolute atomic E-state index is 12.3. The van der Waals surface area contributed by atoms with Gasteiger partial charge in [0.15, 0.2) is 0 Å². The van der Waals surface area contributed by atoms with Crippen LogP contribution in [0.4, 0.5) is 0 Å². The number of carbonyl (C=O) groups is 1. The molecule has 2 aliphatic rings. The number of esters is 1. The second-order valence-electron chi connectivity index (χ2n) is 5.71. The van der Waals surface area contributed by atoms with Crippen LogP contribution in [0.25, 0.3) is 0 Å². The van der Waals surface area contributed by atoms with Crippen LogP contribution in [0.15, 0.2) is 0 Å². The van der Waals surface area contributed by atoms with E-state index in [0.29, 0.717) is 6.54 Å². The fourth-order valence-electron chi connectivity index (χ4n) is 3.18. The standard InChI is InChI=1S/C14H25NO2/c15-11-14(9-5-2-6-10-14)13(16)17-12-7-3-1-4-8-12/h12H,1-11,15H2. The summed E-state index contributed by atoms with van der Waals surface area (Å²) in [7, 11) is 0. The third-order valence-corrected chi connectivity index (χ3v) is 4.46. The van der Waals surface area contributed by atoms with Crippen LogP contribution in [0.2, 0.25) is 0 Å². The Balaban J connectivity index is 1.91. The minimum absolute atomic E-state index is 0.00778. The van der Waals surface area contributed by atoms with E-state index in [1.807, 2.05) is 0 Å². The number of hydrogen-bond donors (Lipinski definition) is 1. The Labute approximate surface area is 104 Å². The van der Waals surface area contributed by atoms with Gasteiger partial charge in [-0.3, -0.25) is 4.79 Å². The molecule has 2 rings (SSSR count). The molecular formula is C14H25NO2. The summed E-state index contributed by atoms with van der Waals surface area (Å²) in [5.41, 5.74) is 5.49. The van der Waals surface area contributed by atoms with E-state index in [1.165, 1.54) is 25.7 Å². The molecule has 0 radical (unpaired) electrons. The van der Waals surface area contributed by atoms with E-state index < -0.39 is 0 Å².